The van der Waals surface area contributed by atoms with Gasteiger partial charge in [-0.15, -0.1) is 0 Å². The molecule has 0 radical (unpaired) electrons. The number of nitrogens with zero attached hydrogens (tertiary/aromatic N) is 1. The summed E-state index contributed by atoms with van der Waals surface area (Å²) in [6.07, 6.45) is 7.33. The molecule has 1 aliphatic heterocycles. The van der Waals surface area contributed by atoms with Crippen molar-refractivity contribution in [1.29, 1.82) is 0 Å². The van der Waals surface area contributed by atoms with Crippen molar-refractivity contribution in [2.24, 2.45) is 0 Å². The minimum absolute atomic E-state index is 0.103. The summed E-state index contributed by atoms with van der Waals surface area (Å²) in [6, 6.07) is 4.10. The molecule has 1 aliphatic rings. The Hall–Kier alpha value is -1.29. The summed E-state index contributed by atoms with van der Waals surface area (Å²) in [4.78, 5) is 13.9. The van der Waals surface area contributed by atoms with Crippen LogP contribution in [0.25, 0.3) is 0 Å². The molecule has 1 aromatic heterocycles. The summed E-state index contributed by atoms with van der Waals surface area (Å²) in [6.45, 7) is 4.70. The van der Waals surface area contributed by atoms with E-state index in [4.69, 9.17) is 4.42 Å². The molecule has 0 saturated carbocycles. The number of carbonyl (C=O) groups is 1. The first-order valence-electron chi connectivity index (χ1n) is 7.35. The van der Waals surface area contributed by atoms with Crippen LogP contribution in [-0.2, 0) is 4.79 Å². The molecule has 1 amide bonds. The van der Waals surface area contributed by atoms with Crippen LogP contribution in [0.3, 0.4) is 0 Å². The van der Waals surface area contributed by atoms with Crippen molar-refractivity contribution in [3.63, 3.8) is 0 Å². The van der Waals surface area contributed by atoms with E-state index in [0.29, 0.717) is 13.0 Å². The summed E-state index contributed by atoms with van der Waals surface area (Å²) in [5.41, 5.74) is 0. The molecular formula is C15H24N2O2. The van der Waals surface area contributed by atoms with Crippen molar-refractivity contribution in [2.45, 2.75) is 45.1 Å². The lowest BCUT2D eigenvalue weighted by atomic mass is 10.1. The Morgan fingerprint density at radius 3 is 2.68 bits per heavy atom. The third-order valence-electron chi connectivity index (χ3n) is 3.77. The first kappa shape index (κ1) is 14.1. The fourth-order valence-corrected chi connectivity index (χ4v) is 2.63. The molecule has 1 aromatic rings. The lowest BCUT2D eigenvalue weighted by Crippen LogP contribution is -2.38. The largest absolute Gasteiger partial charge is 0.468 e. The van der Waals surface area contributed by atoms with Crippen molar-refractivity contribution in [2.75, 3.05) is 19.6 Å². The van der Waals surface area contributed by atoms with E-state index in [1.54, 1.807) is 6.26 Å². The average molecular weight is 264 g/mol. The first-order chi connectivity index (χ1) is 9.31. The van der Waals surface area contributed by atoms with Crippen LogP contribution in [0, 0.1) is 0 Å². The molecule has 4 nitrogen and oxygen atoms in total. The second-order valence-corrected chi connectivity index (χ2v) is 5.14. The summed E-state index contributed by atoms with van der Waals surface area (Å²) in [5.74, 6) is 1.06. The number of carbonyl (C=O) groups excluding carboxylic acids is 1. The average Bonchev–Trinajstić information content (AvgIpc) is 2.82. The second kappa shape index (κ2) is 7.34. The molecule has 1 fully saturated rings. The van der Waals surface area contributed by atoms with Gasteiger partial charge in [0.25, 0.3) is 0 Å². The number of rotatable bonds is 5. The van der Waals surface area contributed by atoms with E-state index in [0.717, 1.165) is 18.8 Å². The third-order valence-corrected chi connectivity index (χ3v) is 3.77. The van der Waals surface area contributed by atoms with Crippen LogP contribution in [0.2, 0.25) is 0 Å². The van der Waals surface area contributed by atoms with Crippen molar-refractivity contribution in [1.82, 2.24) is 10.2 Å². The lowest BCUT2D eigenvalue weighted by molar-refractivity contribution is -0.121. The lowest BCUT2D eigenvalue weighted by Gasteiger charge is -2.29. The molecule has 1 unspecified atom stereocenters. The standard InChI is InChI=1S/C15H24N2O2/c1-2-15(18)16-12-13(14-8-7-11-19-14)17-9-5-3-4-6-10-17/h7-8,11,13H,2-6,9-10,12H2,1H3,(H,16,18). The van der Waals surface area contributed by atoms with Crippen LogP contribution in [0.4, 0.5) is 0 Å². The Bertz CT molecular complexity index is 368. The minimum atomic E-state index is 0.103. The second-order valence-electron chi connectivity index (χ2n) is 5.14. The quantitative estimate of drug-likeness (QED) is 0.889. The Kier molecular flexibility index (Phi) is 5.45. The van der Waals surface area contributed by atoms with Crippen LogP contribution < -0.4 is 5.32 Å². The van der Waals surface area contributed by atoms with Gasteiger partial charge >= 0.3 is 0 Å². The number of nitrogens with one attached hydrogen (secondary N) is 1. The number of likely N-dealkylation sites (tertiary alicyclic amines) is 1. The normalized spacial score (nSPS) is 18.8. The molecule has 2 rings (SSSR count). The van der Waals surface area contributed by atoms with Gasteiger partial charge in [-0.05, 0) is 38.1 Å². The maximum Gasteiger partial charge on any atom is 0.219 e. The summed E-state index contributed by atoms with van der Waals surface area (Å²) in [7, 11) is 0. The van der Waals surface area contributed by atoms with E-state index in [9.17, 15) is 4.79 Å². The van der Waals surface area contributed by atoms with Crippen LogP contribution in [0.5, 0.6) is 0 Å². The van der Waals surface area contributed by atoms with Crippen LogP contribution in [0.1, 0.15) is 50.8 Å². The Morgan fingerprint density at radius 2 is 2.11 bits per heavy atom. The molecule has 1 N–H and O–H groups in total. The summed E-state index contributed by atoms with van der Waals surface area (Å²) in [5, 5.41) is 3.00. The third kappa shape index (κ3) is 4.10. The van der Waals surface area contributed by atoms with E-state index in [-0.39, 0.29) is 11.9 Å². The molecule has 1 atom stereocenters. The van der Waals surface area contributed by atoms with Gasteiger partial charge in [0.2, 0.25) is 5.91 Å². The molecule has 4 heteroatoms. The Labute approximate surface area is 115 Å². The highest BCUT2D eigenvalue weighted by Crippen LogP contribution is 2.24. The fourth-order valence-electron chi connectivity index (χ4n) is 2.63. The van der Waals surface area contributed by atoms with Gasteiger partial charge in [-0.25, -0.2) is 0 Å². The van der Waals surface area contributed by atoms with Gasteiger partial charge in [0.15, 0.2) is 0 Å². The molecular weight excluding hydrogens is 240 g/mol. The number of furan rings is 1. The van der Waals surface area contributed by atoms with Crippen molar-refractivity contribution >= 4 is 5.91 Å². The van der Waals surface area contributed by atoms with E-state index in [1.165, 1.54) is 25.7 Å². The number of hydrogen-bond acceptors (Lipinski definition) is 3. The molecule has 19 heavy (non-hydrogen) atoms. The molecule has 1 saturated heterocycles. The van der Waals surface area contributed by atoms with Crippen molar-refractivity contribution in [3.8, 4) is 0 Å². The smallest absolute Gasteiger partial charge is 0.219 e. The minimum Gasteiger partial charge on any atom is -0.468 e. The molecule has 106 valence electrons. The highest BCUT2D eigenvalue weighted by Gasteiger charge is 2.23. The zero-order chi connectivity index (χ0) is 13.5. The monoisotopic (exact) mass is 264 g/mol. The van der Waals surface area contributed by atoms with Gasteiger partial charge in [-0.3, -0.25) is 9.69 Å². The molecule has 0 aliphatic carbocycles. The zero-order valence-corrected chi connectivity index (χ0v) is 11.7. The van der Waals surface area contributed by atoms with Gasteiger partial charge < -0.3 is 9.73 Å². The van der Waals surface area contributed by atoms with Crippen LogP contribution >= 0.6 is 0 Å². The Morgan fingerprint density at radius 1 is 1.37 bits per heavy atom. The molecule has 0 spiro atoms. The molecule has 2 heterocycles. The topological polar surface area (TPSA) is 45.5 Å². The van der Waals surface area contributed by atoms with E-state index in [2.05, 4.69) is 10.2 Å². The number of amides is 1. The van der Waals surface area contributed by atoms with Gasteiger partial charge in [0.05, 0.1) is 12.3 Å². The van der Waals surface area contributed by atoms with Gasteiger partial charge in [0, 0.05) is 13.0 Å². The van der Waals surface area contributed by atoms with Crippen molar-refractivity contribution in [3.05, 3.63) is 24.2 Å². The SMILES string of the molecule is CCC(=O)NCC(c1ccco1)N1CCCCCC1. The van der Waals surface area contributed by atoms with Crippen molar-refractivity contribution < 1.29 is 9.21 Å². The van der Waals surface area contributed by atoms with E-state index >= 15 is 0 Å². The first-order valence-corrected chi connectivity index (χ1v) is 7.35. The highest BCUT2D eigenvalue weighted by molar-refractivity contribution is 5.75. The Balaban J connectivity index is 2.02. The van der Waals surface area contributed by atoms with Gasteiger partial charge in [0.1, 0.15) is 5.76 Å². The summed E-state index contributed by atoms with van der Waals surface area (Å²) < 4.78 is 5.56. The van der Waals surface area contributed by atoms with Crippen LogP contribution in [-0.4, -0.2) is 30.4 Å². The molecule has 0 bridgehead atoms. The highest BCUT2D eigenvalue weighted by atomic mass is 16.3. The van der Waals surface area contributed by atoms with E-state index < -0.39 is 0 Å². The van der Waals surface area contributed by atoms with Crippen LogP contribution in [0.15, 0.2) is 22.8 Å². The predicted molar refractivity (Wildman–Crippen MR) is 74.8 cm³/mol. The van der Waals surface area contributed by atoms with E-state index in [1.807, 2.05) is 19.1 Å². The van der Waals surface area contributed by atoms with Gasteiger partial charge in [-0.1, -0.05) is 19.8 Å². The fraction of sp³-hybridized carbons (Fsp3) is 0.667. The maximum atomic E-state index is 11.5. The van der Waals surface area contributed by atoms with Gasteiger partial charge in [-0.2, -0.15) is 0 Å². The predicted octanol–water partition coefficient (Wildman–Crippen LogP) is 2.72. The number of hydrogen-bond donors (Lipinski definition) is 1. The zero-order valence-electron chi connectivity index (χ0n) is 11.7. The summed E-state index contributed by atoms with van der Waals surface area (Å²) >= 11 is 0. The molecule has 0 aromatic carbocycles. The maximum absolute atomic E-state index is 11.5.